The first kappa shape index (κ1) is 13.4. The minimum Gasteiger partial charge on any atom is -0.452 e. The summed E-state index contributed by atoms with van der Waals surface area (Å²) in [6.07, 6.45) is 3.74. The predicted molar refractivity (Wildman–Crippen MR) is 70.9 cm³/mol. The summed E-state index contributed by atoms with van der Waals surface area (Å²) in [6, 6.07) is 2.16. The number of furan rings is 1. The van der Waals surface area contributed by atoms with E-state index in [0.29, 0.717) is 11.6 Å². The molecule has 1 aromatic heterocycles. The minimum absolute atomic E-state index is 0.0579. The summed E-state index contributed by atoms with van der Waals surface area (Å²) < 4.78 is 4.99. The molecule has 1 aliphatic heterocycles. The lowest BCUT2D eigenvalue weighted by Crippen LogP contribution is -2.44. The van der Waals surface area contributed by atoms with Gasteiger partial charge in [-0.05, 0) is 50.9 Å². The molecule has 0 bridgehead atoms. The molecule has 0 saturated carbocycles. The Morgan fingerprint density at radius 1 is 1.67 bits per heavy atom. The van der Waals surface area contributed by atoms with Crippen molar-refractivity contribution in [3.8, 4) is 0 Å². The van der Waals surface area contributed by atoms with Crippen LogP contribution in [0.3, 0.4) is 0 Å². The van der Waals surface area contributed by atoms with E-state index in [-0.39, 0.29) is 17.2 Å². The largest absolute Gasteiger partial charge is 0.452 e. The Kier molecular flexibility index (Phi) is 4.30. The molecule has 0 radical (unpaired) electrons. The summed E-state index contributed by atoms with van der Waals surface area (Å²) in [5, 5.41) is 3.58. The number of halogens is 1. The Balaban J connectivity index is 2.09. The van der Waals surface area contributed by atoms with Crippen molar-refractivity contribution >= 4 is 17.5 Å². The van der Waals surface area contributed by atoms with Crippen LogP contribution in [0.1, 0.15) is 37.0 Å². The van der Waals surface area contributed by atoms with Gasteiger partial charge in [-0.2, -0.15) is 0 Å². The van der Waals surface area contributed by atoms with E-state index in [2.05, 4.69) is 5.32 Å². The smallest absolute Gasteiger partial charge is 0.259 e. The Hall–Kier alpha value is -1.00. The van der Waals surface area contributed by atoms with E-state index in [0.717, 1.165) is 19.5 Å². The van der Waals surface area contributed by atoms with Crippen molar-refractivity contribution in [3.05, 3.63) is 23.1 Å². The van der Waals surface area contributed by atoms with Crippen molar-refractivity contribution < 1.29 is 9.21 Å². The van der Waals surface area contributed by atoms with Crippen LogP contribution in [0.25, 0.3) is 0 Å². The van der Waals surface area contributed by atoms with Crippen LogP contribution in [0.2, 0.25) is 5.22 Å². The second-order valence-corrected chi connectivity index (χ2v) is 5.30. The van der Waals surface area contributed by atoms with Gasteiger partial charge in [0.15, 0.2) is 0 Å². The van der Waals surface area contributed by atoms with Crippen LogP contribution in [0, 0.1) is 0 Å². The van der Waals surface area contributed by atoms with Crippen molar-refractivity contribution in [1.29, 1.82) is 0 Å². The highest BCUT2D eigenvalue weighted by molar-refractivity contribution is 6.32. The van der Waals surface area contributed by atoms with Gasteiger partial charge in [0.05, 0.1) is 11.8 Å². The molecular weight excluding hydrogens is 252 g/mol. The molecule has 1 aromatic rings. The van der Waals surface area contributed by atoms with Crippen LogP contribution in [-0.4, -0.2) is 36.0 Å². The van der Waals surface area contributed by atoms with E-state index < -0.39 is 0 Å². The van der Waals surface area contributed by atoms with Gasteiger partial charge in [-0.25, -0.2) is 0 Å². The molecule has 1 saturated heterocycles. The third-order valence-corrected chi connectivity index (χ3v) is 3.60. The quantitative estimate of drug-likeness (QED) is 0.915. The average Bonchev–Trinajstić information content (AvgIpc) is 2.95. The number of rotatable bonds is 4. The zero-order chi connectivity index (χ0) is 13.1. The maximum Gasteiger partial charge on any atom is 0.259 e. The van der Waals surface area contributed by atoms with Gasteiger partial charge < -0.3 is 14.6 Å². The lowest BCUT2D eigenvalue weighted by atomic mass is 10.1. The number of hydrogen-bond acceptors (Lipinski definition) is 3. The van der Waals surface area contributed by atoms with Gasteiger partial charge in [0, 0.05) is 18.6 Å². The Morgan fingerprint density at radius 3 is 2.94 bits per heavy atom. The summed E-state index contributed by atoms with van der Waals surface area (Å²) in [4.78, 5) is 14.3. The molecular formula is C13H19ClN2O2. The van der Waals surface area contributed by atoms with Crippen molar-refractivity contribution in [3.63, 3.8) is 0 Å². The molecule has 0 spiro atoms. The highest BCUT2D eigenvalue weighted by Gasteiger charge is 2.26. The highest BCUT2D eigenvalue weighted by atomic mass is 35.5. The van der Waals surface area contributed by atoms with Gasteiger partial charge in [0.25, 0.3) is 5.91 Å². The zero-order valence-electron chi connectivity index (χ0n) is 10.8. The topological polar surface area (TPSA) is 45.5 Å². The third-order valence-electron chi connectivity index (χ3n) is 3.31. The first-order valence-corrected chi connectivity index (χ1v) is 6.74. The van der Waals surface area contributed by atoms with Crippen LogP contribution in [0.15, 0.2) is 16.7 Å². The molecule has 2 heterocycles. The summed E-state index contributed by atoms with van der Waals surface area (Å²) >= 11 is 5.87. The number of carbonyl (C=O) groups is 1. The summed E-state index contributed by atoms with van der Waals surface area (Å²) in [6.45, 7) is 5.79. The van der Waals surface area contributed by atoms with E-state index in [1.54, 1.807) is 6.07 Å². The van der Waals surface area contributed by atoms with Crippen molar-refractivity contribution in [2.75, 3.05) is 13.1 Å². The summed E-state index contributed by atoms with van der Waals surface area (Å²) in [7, 11) is 0. The number of nitrogens with one attached hydrogen (secondary N) is 1. The van der Waals surface area contributed by atoms with Crippen LogP contribution >= 0.6 is 11.6 Å². The number of hydrogen-bond donors (Lipinski definition) is 1. The molecule has 0 aromatic carbocycles. The lowest BCUT2D eigenvalue weighted by molar-refractivity contribution is 0.0688. The van der Waals surface area contributed by atoms with Crippen molar-refractivity contribution in [1.82, 2.24) is 10.2 Å². The molecule has 5 heteroatoms. The number of nitrogens with zero attached hydrogens (tertiary/aromatic N) is 1. The van der Waals surface area contributed by atoms with Gasteiger partial charge in [-0.3, -0.25) is 4.79 Å². The summed E-state index contributed by atoms with van der Waals surface area (Å²) in [5.41, 5.74) is 0.448. The lowest BCUT2D eigenvalue weighted by Gasteiger charge is -2.29. The fraction of sp³-hybridized carbons (Fsp3) is 0.615. The standard InChI is InChI=1S/C13H19ClN2O2/c1-9(2)16(8-10-4-3-6-15-10)13(17)11-5-7-18-12(11)14/h5,7,9-10,15H,3-4,6,8H2,1-2H3. The molecule has 4 nitrogen and oxygen atoms in total. The van der Waals surface area contributed by atoms with Gasteiger partial charge in [-0.1, -0.05) is 0 Å². The van der Waals surface area contributed by atoms with E-state index in [1.165, 1.54) is 12.7 Å². The predicted octanol–water partition coefficient (Wildman–Crippen LogP) is 2.54. The van der Waals surface area contributed by atoms with Gasteiger partial charge in [-0.15, -0.1) is 0 Å². The molecule has 100 valence electrons. The van der Waals surface area contributed by atoms with E-state index in [1.807, 2.05) is 18.7 Å². The van der Waals surface area contributed by atoms with E-state index >= 15 is 0 Å². The molecule has 2 rings (SSSR count). The molecule has 0 aliphatic carbocycles. The maximum absolute atomic E-state index is 12.4. The second-order valence-electron chi connectivity index (χ2n) is 4.95. The SMILES string of the molecule is CC(C)N(CC1CCCN1)C(=O)c1ccoc1Cl. The van der Waals surface area contributed by atoms with Crippen LogP contribution in [0.4, 0.5) is 0 Å². The van der Waals surface area contributed by atoms with Crippen molar-refractivity contribution in [2.45, 2.75) is 38.8 Å². The molecule has 1 aliphatic rings. The van der Waals surface area contributed by atoms with E-state index in [9.17, 15) is 4.79 Å². The maximum atomic E-state index is 12.4. The van der Waals surface area contributed by atoms with Crippen LogP contribution in [0.5, 0.6) is 0 Å². The zero-order valence-corrected chi connectivity index (χ0v) is 11.5. The Morgan fingerprint density at radius 2 is 2.44 bits per heavy atom. The van der Waals surface area contributed by atoms with Crippen molar-refractivity contribution in [2.24, 2.45) is 0 Å². The molecule has 1 amide bonds. The van der Waals surface area contributed by atoms with Gasteiger partial charge in [0.1, 0.15) is 0 Å². The molecule has 18 heavy (non-hydrogen) atoms. The normalized spacial score (nSPS) is 19.4. The third kappa shape index (κ3) is 2.87. The average molecular weight is 271 g/mol. The summed E-state index contributed by atoms with van der Waals surface area (Å²) in [5.74, 6) is -0.0579. The number of amides is 1. The molecule has 1 N–H and O–H groups in total. The fourth-order valence-corrected chi connectivity index (χ4v) is 2.47. The minimum atomic E-state index is -0.0579. The first-order valence-electron chi connectivity index (χ1n) is 6.37. The van der Waals surface area contributed by atoms with Gasteiger partial charge >= 0.3 is 0 Å². The molecule has 1 unspecified atom stereocenters. The van der Waals surface area contributed by atoms with E-state index in [4.69, 9.17) is 16.0 Å². The van der Waals surface area contributed by atoms with Crippen LogP contribution < -0.4 is 5.32 Å². The van der Waals surface area contributed by atoms with Crippen LogP contribution in [-0.2, 0) is 0 Å². The Labute approximate surface area is 112 Å². The second kappa shape index (κ2) is 5.76. The molecule has 1 atom stereocenters. The monoisotopic (exact) mass is 270 g/mol. The highest BCUT2D eigenvalue weighted by Crippen LogP contribution is 2.20. The van der Waals surface area contributed by atoms with Gasteiger partial charge in [0.2, 0.25) is 5.22 Å². The fourth-order valence-electron chi connectivity index (χ4n) is 2.28. The first-order chi connectivity index (χ1) is 8.59. The number of carbonyl (C=O) groups excluding carboxylic acids is 1. The Bertz CT molecular complexity index is 411. The molecule has 1 fully saturated rings.